The second-order valence-electron chi connectivity index (χ2n) is 7.32. The van der Waals surface area contributed by atoms with Gasteiger partial charge in [-0.05, 0) is 48.5 Å². The molecule has 0 aliphatic carbocycles. The van der Waals surface area contributed by atoms with Crippen molar-refractivity contribution in [3.63, 3.8) is 0 Å². The van der Waals surface area contributed by atoms with E-state index in [-0.39, 0.29) is 10.8 Å². The van der Waals surface area contributed by atoms with Crippen LogP contribution in [0.15, 0.2) is 90.1 Å². The first-order chi connectivity index (χ1) is 16.4. The largest absolute Gasteiger partial charge is 0.495 e. The number of para-hydroxylation sites is 2. The summed E-state index contributed by atoms with van der Waals surface area (Å²) >= 11 is 0. The van der Waals surface area contributed by atoms with Gasteiger partial charge in [0.25, 0.3) is 15.9 Å². The molecule has 0 unspecified atom stereocenters. The predicted molar refractivity (Wildman–Crippen MR) is 129 cm³/mol. The van der Waals surface area contributed by atoms with E-state index in [0.29, 0.717) is 29.4 Å². The molecule has 4 rings (SSSR count). The Morgan fingerprint density at radius 2 is 1.74 bits per heavy atom. The number of benzene rings is 2. The molecule has 0 atom stereocenters. The van der Waals surface area contributed by atoms with Gasteiger partial charge in [0.15, 0.2) is 0 Å². The number of nitrogens with zero attached hydrogens (tertiary/aromatic N) is 4. The smallest absolute Gasteiger partial charge is 0.264 e. The van der Waals surface area contributed by atoms with Gasteiger partial charge in [-0.3, -0.25) is 14.1 Å². The Kier molecular flexibility index (Phi) is 6.60. The third-order valence-electron chi connectivity index (χ3n) is 5.20. The van der Waals surface area contributed by atoms with E-state index in [1.807, 2.05) is 18.2 Å². The van der Waals surface area contributed by atoms with Crippen LogP contribution < -0.4 is 14.4 Å². The van der Waals surface area contributed by atoms with Crippen molar-refractivity contribution >= 4 is 27.4 Å². The summed E-state index contributed by atoms with van der Waals surface area (Å²) in [5, 5.41) is 7.04. The second kappa shape index (κ2) is 9.75. The highest BCUT2D eigenvalue weighted by atomic mass is 32.2. The number of nitrogens with one attached hydrogen (secondary N) is 1. The molecule has 9 nitrogen and oxygen atoms in total. The molecule has 10 heteroatoms. The first kappa shape index (κ1) is 23.0. The molecule has 1 N–H and O–H groups in total. The summed E-state index contributed by atoms with van der Waals surface area (Å²) in [4.78, 5) is 17.1. The summed E-state index contributed by atoms with van der Waals surface area (Å²) in [7, 11) is -0.922. The average Bonchev–Trinajstić information content (AvgIpc) is 3.30. The Balaban J connectivity index is 1.50. The number of carbonyl (C=O) groups excluding carboxylic acids is 1. The molecule has 34 heavy (non-hydrogen) atoms. The molecule has 0 radical (unpaired) electrons. The molecule has 0 spiro atoms. The van der Waals surface area contributed by atoms with E-state index >= 15 is 0 Å². The zero-order valence-corrected chi connectivity index (χ0v) is 19.4. The fourth-order valence-corrected chi connectivity index (χ4v) is 4.56. The molecule has 1 amide bonds. The van der Waals surface area contributed by atoms with Crippen molar-refractivity contribution in [2.24, 2.45) is 0 Å². The molecule has 174 valence electrons. The van der Waals surface area contributed by atoms with E-state index in [1.165, 1.54) is 38.4 Å². The number of hydrogen-bond donors (Lipinski definition) is 1. The zero-order valence-electron chi connectivity index (χ0n) is 18.6. The minimum Gasteiger partial charge on any atom is -0.495 e. The Hall–Kier alpha value is -4.18. The number of carbonyl (C=O) groups is 1. The van der Waals surface area contributed by atoms with Crippen LogP contribution in [0.4, 0.5) is 11.5 Å². The Morgan fingerprint density at radius 1 is 1.00 bits per heavy atom. The van der Waals surface area contributed by atoms with Crippen LogP contribution in [-0.4, -0.2) is 43.2 Å². The van der Waals surface area contributed by atoms with Gasteiger partial charge >= 0.3 is 0 Å². The summed E-state index contributed by atoms with van der Waals surface area (Å²) in [5.41, 5.74) is 1.52. The number of rotatable bonds is 8. The molecule has 0 bridgehead atoms. The predicted octanol–water partition coefficient (Wildman–Crippen LogP) is 3.41. The molecule has 2 heterocycles. The van der Waals surface area contributed by atoms with E-state index in [0.717, 1.165) is 10.00 Å². The molecule has 0 aliphatic heterocycles. The summed E-state index contributed by atoms with van der Waals surface area (Å²) in [5.74, 6) is 0.556. The van der Waals surface area contributed by atoms with E-state index < -0.39 is 10.0 Å². The molecule has 0 aliphatic rings. The molecule has 0 saturated heterocycles. The maximum absolute atomic E-state index is 13.1. The molecule has 0 fully saturated rings. The normalized spacial score (nSPS) is 11.1. The lowest BCUT2D eigenvalue weighted by Gasteiger charge is -2.21. The summed E-state index contributed by atoms with van der Waals surface area (Å²) in [6, 6.07) is 19.8. The first-order valence-electron chi connectivity index (χ1n) is 10.4. The number of ether oxygens (including phenoxy) is 1. The molecular weight excluding hydrogens is 454 g/mol. The van der Waals surface area contributed by atoms with Gasteiger partial charge in [0.05, 0.1) is 36.1 Å². The molecule has 4 aromatic rings. The van der Waals surface area contributed by atoms with Gasteiger partial charge < -0.3 is 10.1 Å². The van der Waals surface area contributed by atoms with Gasteiger partial charge in [-0.1, -0.05) is 18.2 Å². The number of amides is 1. The Labute approximate surface area is 197 Å². The molecule has 2 aromatic heterocycles. The van der Waals surface area contributed by atoms with Crippen LogP contribution in [0.2, 0.25) is 0 Å². The lowest BCUT2D eigenvalue weighted by Crippen LogP contribution is -2.27. The van der Waals surface area contributed by atoms with Crippen molar-refractivity contribution in [3.8, 4) is 5.75 Å². The van der Waals surface area contributed by atoms with Gasteiger partial charge in [-0.25, -0.2) is 13.1 Å². The van der Waals surface area contributed by atoms with Crippen LogP contribution in [-0.2, 0) is 16.6 Å². The monoisotopic (exact) mass is 477 g/mol. The van der Waals surface area contributed by atoms with Crippen LogP contribution in [0.25, 0.3) is 0 Å². The standard InChI is InChI=1S/C24H23N5O4S/c1-28(21-8-3-4-9-22(21)33-2)34(31,32)20-12-10-18(11-13-20)24(30)27-23-14-16-26-29(23)17-19-7-5-6-15-25-19/h3-16H,17H2,1-2H3,(H,27,30). The zero-order chi connectivity index (χ0) is 24.1. The Bertz CT molecular complexity index is 1390. The number of methoxy groups -OCH3 is 1. The van der Waals surface area contributed by atoms with Crippen LogP contribution in [0.1, 0.15) is 16.1 Å². The summed E-state index contributed by atoms with van der Waals surface area (Å²) in [6.45, 7) is 0.399. The van der Waals surface area contributed by atoms with Gasteiger partial charge in [0.1, 0.15) is 11.6 Å². The van der Waals surface area contributed by atoms with E-state index in [2.05, 4.69) is 15.4 Å². The summed E-state index contributed by atoms with van der Waals surface area (Å²) in [6.07, 6.45) is 3.28. The number of hydrogen-bond acceptors (Lipinski definition) is 6. The molecule has 0 saturated carbocycles. The highest BCUT2D eigenvalue weighted by molar-refractivity contribution is 7.92. The quantitative estimate of drug-likeness (QED) is 0.417. The lowest BCUT2D eigenvalue weighted by molar-refractivity contribution is 0.102. The number of pyridine rings is 1. The minimum absolute atomic E-state index is 0.0534. The van der Waals surface area contributed by atoms with Crippen LogP contribution in [0.5, 0.6) is 5.75 Å². The van der Waals surface area contributed by atoms with Crippen LogP contribution in [0, 0.1) is 0 Å². The van der Waals surface area contributed by atoms with Gasteiger partial charge in [-0.15, -0.1) is 0 Å². The van der Waals surface area contributed by atoms with Crippen molar-refractivity contribution in [2.75, 3.05) is 23.8 Å². The maximum Gasteiger partial charge on any atom is 0.264 e. The van der Waals surface area contributed by atoms with Crippen molar-refractivity contribution in [1.29, 1.82) is 0 Å². The fraction of sp³-hybridized carbons (Fsp3) is 0.125. The van der Waals surface area contributed by atoms with Crippen molar-refractivity contribution in [1.82, 2.24) is 14.8 Å². The molecule has 2 aromatic carbocycles. The van der Waals surface area contributed by atoms with Crippen molar-refractivity contribution in [2.45, 2.75) is 11.4 Å². The first-order valence-corrected chi connectivity index (χ1v) is 11.8. The van der Waals surface area contributed by atoms with Crippen LogP contribution in [0.3, 0.4) is 0 Å². The molecular formula is C24H23N5O4S. The number of aromatic nitrogens is 3. The second-order valence-corrected chi connectivity index (χ2v) is 9.29. The maximum atomic E-state index is 13.1. The SMILES string of the molecule is COc1ccccc1N(C)S(=O)(=O)c1ccc(C(=O)Nc2ccnn2Cc2ccccn2)cc1. The third-order valence-corrected chi connectivity index (χ3v) is 6.98. The Morgan fingerprint density at radius 3 is 2.44 bits per heavy atom. The van der Waals surface area contributed by atoms with E-state index in [9.17, 15) is 13.2 Å². The van der Waals surface area contributed by atoms with E-state index in [1.54, 1.807) is 47.4 Å². The number of sulfonamides is 1. The topological polar surface area (TPSA) is 106 Å². The average molecular weight is 478 g/mol. The van der Waals surface area contributed by atoms with E-state index in [4.69, 9.17) is 4.74 Å². The van der Waals surface area contributed by atoms with Gasteiger partial charge in [-0.2, -0.15) is 5.10 Å². The van der Waals surface area contributed by atoms with Gasteiger partial charge in [0, 0.05) is 24.9 Å². The fourth-order valence-electron chi connectivity index (χ4n) is 3.35. The van der Waals surface area contributed by atoms with Crippen molar-refractivity contribution in [3.05, 3.63) is 96.4 Å². The highest BCUT2D eigenvalue weighted by Crippen LogP contribution is 2.30. The third kappa shape index (κ3) is 4.76. The van der Waals surface area contributed by atoms with Gasteiger partial charge in [0.2, 0.25) is 0 Å². The van der Waals surface area contributed by atoms with Crippen LogP contribution >= 0.6 is 0 Å². The lowest BCUT2D eigenvalue weighted by atomic mass is 10.2. The van der Waals surface area contributed by atoms with Crippen molar-refractivity contribution < 1.29 is 17.9 Å². The highest BCUT2D eigenvalue weighted by Gasteiger charge is 2.24. The minimum atomic E-state index is -3.86. The summed E-state index contributed by atoms with van der Waals surface area (Å²) < 4.78 is 34.3. The number of anilines is 2.